The Hall–Kier alpha value is -5.36. The van der Waals surface area contributed by atoms with E-state index in [9.17, 15) is 28.8 Å². The molecule has 12 nitrogen and oxygen atoms in total. The second-order valence-corrected chi connectivity index (χ2v) is 10.1. The number of aliphatic carboxylic acids is 1. The number of benzene rings is 3. The molecule has 4 amide bonds. The molecule has 1 aliphatic rings. The number of urea groups is 1. The van der Waals surface area contributed by atoms with Crippen LogP contribution in [0.4, 0.5) is 10.5 Å². The Kier molecular flexibility index (Phi) is 9.01. The third kappa shape index (κ3) is 6.14. The van der Waals surface area contributed by atoms with Crippen molar-refractivity contribution in [3.05, 3.63) is 102 Å². The number of rotatable bonds is 11. The van der Waals surface area contributed by atoms with Gasteiger partial charge in [0.1, 0.15) is 5.54 Å². The highest BCUT2D eigenvalue weighted by molar-refractivity contribution is 6.15. The summed E-state index contributed by atoms with van der Waals surface area (Å²) in [5.74, 6) is -5.61. The highest BCUT2D eigenvalue weighted by Crippen LogP contribution is 2.39. The van der Waals surface area contributed by atoms with Crippen molar-refractivity contribution in [2.75, 3.05) is 4.90 Å². The molecule has 0 aliphatic carbocycles. The van der Waals surface area contributed by atoms with Crippen LogP contribution in [-0.4, -0.2) is 62.7 Å². The fraction of sp³-hybridized carbons (Fsp3) is 0.226. The molecule has 3 N–H and O–H groups in total. The van der Waals surface area contributed by atoms with E-state index in [4.69, 9.17) is 15.7 Å². The molecular formula is C31H30N4O8. The molecule has 0 aromatic heterocycles. The van der Waals surface area contributed by atoms with Crippen LogP contribution in [0.5, 0.6) is 0 Å². The van der Waals surface area contributed by atoms with Crippen LogP contribution in [-0.2, 0) is 40.9 Å². The third-order valence-corrected chi connectivity index (χ3v) is 7.10. The number of hydrogen-bond donors (Lipinski definition) is 2. The summed E-state index contributed by atoms with van der Waals surface area (Å²) in [5.41, 5.74) is 5.43. The fourth-order valence-corrected chi connectivity index (χ4v) is 4.85. The van der Waals surface area contributed by atoms with E-state index >= 15 is 0 Å². The number of carbonyl (C=O) groups excluding carboxylic acids is 5. The van der Waals surface area contributed by atoms with Gasteiger partial charge in [0.25, 0.3) is 5.91 Å². The van der Waals surface area contributed by atoms with Gasteiger partial charge in [-0.2, -0.15) is 0 Å². The first-order valence-corrected chi connectivity index (χ1v) is 13.3. The molecule has 0 bridgehead atoms. The molecule has 4 rings (SSSR count). The highest BCUT2D eigenvalue weighted by atomic mass is 16.7. The maximum absolute atomic E-state index is 13.9. The predicted octanol–water partition coefficient (Wildman–Crippen LogP) is 2.62. The number of carboxylic acids is 1. The Morgan fingerprint density at radius 1 is 0.907 bits per heavy atom. The van der Waals surface area contributed by atoms with Crippen LogP contribution in [0.1, 0.15) is 31.4 Å². The Labute approximate surface area is 247 Å². The molecule has 1 aliphatic heterocycles. The van der Waals surface area contributed by atoms with Gasteiger partial charge >= 0.3 is 18.0 Å². The monoisotopic (exact) mass is 586 g/mol. The largest absolute Gasteiger partial charge is 0.481 e. The summed E-state index contributed by atoms with van der Waals surface area (Å²) in [6.07, 6.45) is -0.783. The minimum atomic E-state index is -2.00. The van der Waals surface area contributed by atoms with E-state index in [-0.39, 0.29) is 12.2 Å². The zero-order valence-electron chi connectivity index (χ0n) is 23.5. The van der Waals surface area contributed by atoms with Gasteiger partial charge in [0.15, 0.2) is 11.8 Å². The van der Waals surface area contributed by atoms with Crippen molar-refractivity contribution in [1.82, 2.24) is 9.96 Å². The summed E-state index contributed by atoms with van der Waals surface area (Å²) >= 11 is 0. The molecule has 1 heterocycles. The van der Waals surface area contributed by atoms with Crippen LogP contribution < -0.4 is 10.6 Å². The molecular weight excluding hydrogens is 556 g/mol. The lowest BCUT2D eigenvalue weighted by Gasteiger charge is -2.31. The van der Waals surface area contributed by atoms with Crippen LogP contribution in [0.3, 0.4) is 0 Å². The summed E-state index contributed by atoms with van der Waals surface area (Å²) in [6.45, 7) is 2.52. The van der Waals surface area contributed by atoms with Gasteiger partial charge in [0, 0.05) is 12.2 Å². The van der Waals surface area contributed by atoms with Gasteiger partial charge in [-0.05, 0) is 37.1 Å². The topological polar surface area (TPSA) is 168 Å². The highest BCUT2D eigenvalue weighted by Gasteiger charge is 2.58. The van der Waals surface area contributed by atoms with Crippen LogP contribution >= 0.6 is 0 Å². The lowest BCUT2D eigenvalue weighted by Crippen LogP contribution is -2.56. The zero-order chi connectivity index (χ0) is 31.3. The van der Waals surface area contributed by atoms with Crippen molar-refractivity contribution in [2.24, 2.45) is 5.73 Å². The average Bonchev–Trinajstić information content (AvgIpc) is 3.17. The van der Waals surface area contributed by atoms with Crippen LogP contribution in [0.15, 0.2) is 91.0 Å². The first kappa shape index (κ1) is 30.6. The van der Waals surface area contributed by atoms with Gasteiger partial charge in [-0.1, -0.05) is 83.9 Å². The number of nitrogens with two attached hydrogens (primary N) is 1. The fourth-order valence-electron chi connectivity index (χ4n) is 4.85. The molecule has 222 valence electrons. The van der Waals surface area contributed by atoms with Gasteiger partial charge in [-0.3, -0.25) is 29.0 Å². The summed E-state index contributed by atoms with van der Waals surface area (Å²) in [4.78, 5) is 86.1. The number of hydroxylamine groups is 2. The van der Waals surface area contributed by atoms with E-state index in [1.165, 1.54) is 36.1 Å². The lowest BCUT2D eigenvalue weighted by atomic mass is 9.90. The van der Waals surface area contributed by atoms with E-state index in [1.54, 1.807) is 66.7 Å². The zero-order valence-corrected chi connectivity index (χ0v) is 23.5. The number of para-hydroxylation sites is 1. The number of imide groups is 1. The minimum absolute atomic E-state index is 0.0142. The molecule has 12 heteroatoms. The first-order chi connectivity index (χ1) is 20.5. The molecule has 0 radical (unpaired) electrons. The number of carboxylic acid groups (broad SMARTS) is 1. The molecule has 1 saturated heterocycles. The predicted molar refractivity (Wildman–Crippen MR) is 153 cm³/mol. The number of Topliss-reactive ketones (excluding diaryl/α,β-unsaturated/α-hetero) is 1. The SMILES string of the molecule is CC(=O)[C@@H](C(=O)ON1C(=O)N(Cc2ccccc2)[C@](C)(c2ccccc2)C1=O)N(C(=O)[C@@H](N)CC(=O)O)c1ccccc1. The molecule has 0 spiro atoms. The summed E-state index contributed by atoms with van der Waals surface area (Å²) in [7, 11) is 0. The summed E-state index contributed by atoms with van der Waals surface area (Å²) in [6, 6.07) is 20.3. The van der Waals surface area contributed by atoms with E-state index in [0.29, 0.717) is 16.2 Å². The van der Waals surface area contributed by atoms with Crippen molar-refractivity contribution in [1.29, 1.82) is 0 Å². The quantitative estimate of drug-likeness (QED) is 0.253. The third-order valence-electron chi connectivity index (χ3n) is 7.10. The van der Waals surface area contributed by atoms with Gasteiger partial charge in [0.2, 0.25) is 5.91 Å². The number of ketones is 1. The number of hydrogen-bond acceptors (Lipinski definition) is 8. The Morgan fingerprint density at radius 3 is 1.98 bits per heavy atom. The van der Waals surface area contributed by atoms with Gasteiger partial charge < -0.3 is 15.7 Å². The van der Waals surface area contributed by atoms with Crippen molar-refractivity contribution in [3.8, 4) is 0 Å². The van der Waals surface area contributed by atoms with Crippen molar-refractivity contribution < 1.29 is 38.7 Å². The second kappa shape index (κ2) is 12.7. The normalized spacial score (nSPS) is 17.7. The maximum Gasteiger partial charge on any atom is 0.363 e. The van der Waals surface area contributed by atoms with Crippen molar-refractivity contribution >= 4 is 41.3 Å². The minimum Gasteiger partial charge on any atom is -0.481 e. The smallest absolute Gasteiger partial charge is 0.363 e. The van der Waals surface area contributed by atoms with Crippen LogP contribution in [0.2, 0.25) is 0 Å². The molecule has 43 heavy (non-hydrogen) atoms. The molecule has 3 aromatic carbocycles. The van der Waals surface area contributed by atoms with Gasteiger partial charge in [-0.15, -0.1) is 0 Å². The number of carbonyl (C=O) groups is 6. The Balaban J connectivity index is 1.72. The standard InChI is InChI=1S/C31H30N4O8/c1-20(36)26(34(23-16-10-5-11-17-23)27(39)24(32)18-25(37)38)28(40)43-35-29(41)31(2,22-14-8-4-9-15-22)33(30(35)42)19-21-12-6-3-7-13-21/h3-17,24,26H,18-19,32H2,1-2H3,(H,37,38)/t24-,26-,31+/m0/s1. The van der Waals surface area contributed by atoms with E-state index in [0.717, 1.165) is 11.8 Å². The molecule has 0 unspecified atom stereocenters. The van der Waals surface area contributed by atoms with E-state index in [2.05, 4.69) is 0 Å². The van der Waals surface area contributed by atoms with Gasteiger partial charge in [0.05, 0.1) is 12.5 Å². The number of anilines is 1. The van der Waals surface area contributed by atoms with Crippen LogP contribution in [0, 0.1) is 0 Å². The van der Waals surface area contributed by atoms with Crippen molar-refractivity contribution in [2.45, 2.75) is 44.4 Å². The molecule has 3 atom stereocenters. The summed E-state index contributed by atoms with van der Waals surface area (Å²) in [5, 5.41) is 9.46. The summed E-state index contributed by atoms with van der Waals surface area (Å²) < 4.78 is 0. The van der Waals surface area contributed by atoms with E-state index in [1.807, 2.05) is 0 Å². The molecule has 1 fully saturated rings. The Bertz CT molecular complexity index is 1530. The van der Waals surface area contributed by atoms with E-state index < -0.39 is 59.6 Å². The first-order valence-electron chi connectivity index (χ1n) is 13.3. The lowest BCUT2D eigenvalue weighted by molar-refractivity contribution is -0.186. The molecule has 0 saturated carbocycles. The number of amides is 4. The number of nitrogens with zero attached hydrogens (tertiary/aromatic N) is 3. The van der Waals surface area contributed by atoms with Gasteiger partial charge in [-0.25, -0.2) is 9.59 Å². The Morgan fingerprint density at radius 2 is 1.44 bits per heavy atom. The maximum atomic E-state index is 13.9. The van der Waals surface area contributed by atoms with Crippen LogP contribution in [0.25, 0.3) is 0 Å². The molecule has 3 aromatic rings. The average molecular weight is 587 g/mol. The second-order valence-electron chi connectivity index (χ2n) is 10.1. The van der Waals surface area contributed by atoms with Crippen molar-refractivity contribution in [3.63, 3.8) is 0 Å².